The van der Waals surface area contributed by atoms with Gasteiger partial charge < -0.3 is 19.8 Å². The van der Waals surface area contributed by atoms with Crippen LogP contribution in [0.3, 0.4) is 0 Å². The summed E-state index contributed by atoms with van der Waals surface area (Å²) in [6.07, 6.45) is 7.19. The van der Waals surface area contributed by atoms with E-state index in [2.05, 4.69) is 30.0 Å². The Morgan fingerprint density at radius 1 is 1.34 bits per heavy atom. The molecule has 2 aliphatic rings. The Balaban J connectivity index is 1.67. The van der Waals surface area contributed by atoms with Crippen molar-refractivity contribution in [1.82, 2.24) is 4.90 Å². The van der Waals surface area contributed by atoms with E-state index in [1.54, 1.807) is 25.9 Å². The summed E-state index contributed by atoms with van der Waals surface area (Å²) in [6, 6.07) is 6.28. The summed E-state index contributed by atoms with van der Waals surface area (Å²) in [5.41, 5.74) is 2.33. The van der Waals surface area contributed by atoms with Crippen LogP contribution in [0.4, 0.5) is 0 Å². The lowest BCUT2D eigenvalue weighted by Crippen LogP contribution is -2.21. The molecule has 0 spiro atoms. The number of carbonyl (C=O) groups is 1. The standard InChI is InChI=1S/C27H37NO4/c1-5-6-10-18(2)22(29)16-15-20-23(30)17-24-26(20)21-13-9-12-19(27(21)32-24)11-7-8-14-25(31)28(3)4/h9,12-13,15-16,18,20,22-24,26,29-30H,7-8,10-11,14,17H2,1-4H3/t18-,20-,22+,23+,24-,26-/m0/s1. The fourth-order valence-electron chi connectivity index (χ4n) is 4.80. The molecule has 1 saturated carbocycles. The number of carbonyl (C=O) groups excluding carboxylic acids is 1. The Kier molecular flexibility index (Phi) is 8.39. The summed E-state index contributed by atoms with van der Waals surface area (Å²) in [4.78, 5) is 13.4. The van der Waals surface area contributed by atoms with Gasteiger partial charge in [-0.3, -0.25) is 4.79 Å². The van der Waals surface area contributed by atoms with Gasteiger partial charge >= 0.3 is 0 Å². The van der Waals surface area contributed by atoms with Gasteiger partial charge in [0.25, 0.3) is 0 Å². The summed E-state index contributed by atoms with van der Waals surface area (Å²) in [5, 5.41) is 21.2. The molecule has 6 atom stereocenters. The summed E-state index contributed by atoms with van der Waals surface area (Å²) in [7, 11) is 3.58. The van der Waals surface area contributed by atoms with Crippen molar-refractivity contribution >= 4 is 5.91 Å². The minimum Gasteiger partial charge on any atom is -0.489 e. The number of aliphatic hydroxyl groups is 2. The fourth-order valence-corrected chi connectivity index (χ4v) is 4.80. The third-order valence-corrected chi connectivity index (χ3v) is 6.79. The van der Waals surface area contributed by atoms with Crippen molar-refractivity contribution in [2.24, 2.45) is 11.8 Å². The number of benzene rings is 1. The third-order valence-electron chi connectivity index (χ3n) is 6.79. The monoisotopic (exact) mass is 439 g/mol. The zero-order valence-corrected chi connectivity index (χ0v) is 19.8. The van der Waals surface area contributed by atoms with E-state index in [0.717, 1.165) is 30.6 Å². The van der Waals surface area contributed by atoms with Crippen LogP contribution in [0.2, 0.25) is 0 Å². The molecule has 174 valence electrons. The smallest absolute Gasteiger partial charge is 0.222 e. The Bertz CT molecular complexity index is 881. The Morgan fingerprint density at radius 2 is 2.12 bits per heavy atom. The molecule has 1 aliphatic carbocycles. The number of ether oxygens (including phenoxy) is 1. The molecule has 1 amide bonds. The summed E-state index contributed by atoms with van der Waals surface area (Å²) in [6.45, 7) is 3.79. The quantitative estimate of drug-likeness (QED) is 0.350. The molecule has 0 bridgehead atoms. The number of unbranched alkanes of at least 4 members (excludes halogenated alkanes) is 1. The maximum Gasteiger partial charge on any atom is 0.222 e. The topological polar surface area (TPSA) is 70.0 Å². The van der Waals surface area contributed by atoms with Crippen molar-refractivity contribution in [2.75, 3.05) is 14.1 Å². The molecular weight excluding hydrogens is 402 g/mol. The van der Waals surface area contributed by atoms with Gasteiger partial charge in [0.05, 0.1) is 12.2 Å². The maximum atomic E-state index is 11.8. The van der Waals surface area contributed by atoms with Crippen LogP contribution in [-0.4, -0.2) is 53.4 Å². The van der Waals surface area contributed by atoms with Crippen molar-refractivity contribution in [3.05, 3.63) is 41.5 Å². The van der Waals surface area contributed by atoms with Crippen LogP contribution >= 0.6 is 0 Å². The number of hydrogen-bond donors (Lipinski definition) is 2. The number of rotatable bonds is 9. The van der Waals surface area contributed by atoms with Crippen LogP contribution in [0.15, 0.2) is 30.4 Å². The van der Waals surface area contributed by atoms with Crippen LogP contribution in [0.5, 0.6) is 5.75 Å². The van der Waals surface area contributed by atoms with Crippen molar-refractivity contribution in [1.29, 1.82) is 0 Å². The van der Waals surface area contributed by atoms with Gasteiger partial charge in [0.2, 0.25) is 5.91 Å². The minimum atomic E-state index is -0.583. The van der Waals surface area contributed by atoms with E-state index >= 15 is 0 Å². The van der Waals surface area contributed by atoms with Gasteiger partial charge in [-0.1, -0.05) is 37.3 Å². The SMILES string of the molecule is CC#CC[C@H](C)[C@H](O)C=C[C@@H]1[C@H]2c3cccc(CCCCC(=O)N(C)C)c3O[C@H]2C[C@H]1O. The fraction of sp³-hybridized carbons (Fsp3) is 0.593. The second kappa shape index (κ2) is 11.0. The van der Waals surface area contributed by atoms with E-state index in [9.17, 15) is 15.0 Å². The highest BCUT2D eigenvalue weighted by molar-refractivity contribution is 5.75. The molecular formula is C27H37NO4. The van der Waals surface area contributed by atoms with E-state index in [-0.39, 0.29) is 29.8 Å². The number of amides is 1. The summed E-state index contributed by atoms with van der Waals surface area (Å²) >= 11 is 0. The first-order valence-electron chi connectivity index (χ1n) is 11.8. The average Bonchev–Trinajstić information content (AvgIpc) is 3.28. The number of aryl methyl sites for hydroxylation is 1. The second-order valence-electron chi connectivity index (χ2n) is 9.38. The number of para-hydroxylation sites is 1. The molecule has 3 rings (SSSR count). The highest BCUT2D eigenvalue weighted by atomic mass is 16.5. The molecule has 1 heterocycles. The number of fused-ring (bicyclic) bond motifs is 3. The zero-order chi connectivity index (χ0) is 23.3. The lowest BCUT2D eigenvalue weighted by atomic mass is 9.86. The van der Waals surface area contributed by atoms with Crippen LogP contribution in [0.25, 0.3) is 0 Å². The van der Waals surface area contributed by atoms with Gasteiger partial charge in [-0.2, -0.15) is 0 Å². The molecule has 1 aromatic rings. The number of hydrogen-bond acceptors (Lipinski definition) is 4. The van der Waals surface area contributed by atoms with Crippen LogP contribution in [0.1, 0.15) is 63.0 Å². The van der Waals surface area contributed by atoms with Crippen molar-refractivity contribution < 1.29 is 19.7 Å². The van der Waals surface area contributed by atoms with E-state index in [4.69, 9.17) is 4.74 Å². The molecule has 1 aliphatic heterocycles. The van der Waals surface area contributed by atoms with Crippen LogP contribution < -0.4 is 4.74 Å². The Hall–Kier alpha value is -2.29. The van der Waals surface area contributed by atoms with E-state index < -0.39 is 12.2 Å². The molecule has 0 aromatic heterocycles. The molecule has 5 heteroatoms. The highest BCUT2D eigenvalue weighted by Crippen LogP contribution is 2.52. The predicted octanol–water partition coefficient (Wildman–Crippen LogP) is 3.68. The molecule has 1 aromatic carbocycles. The van der Waals surface area contributed by atoms with E-state index in [1.807, 2.05) is 19.1 Å². The van der Waals surface area contributed by atoms with Crippen LogP contribution in [0, 0.1) is 23.7 Å². The van der Waals surface area contributed by atoms with Crippen molar-refractivity contribution in [3.8, 4) is 17.6 Å². The Labute approximate surface area is 192 Å². The third kappa shape index (κ3) is 5.54. The van der Waals surface area contributed by atoms with Gasteiger partial charge in [-0.05, 0) is 37.7 Å². The normalized spacial score (nSPS) is 25.4. The molecule has 0 unspecified atom stereocenters. The molecule has 2 N–H and O–H groups in total. The van der Waals surface area contributed by atoms with Gasteiger partial charge in [-0.15, -0.1) is 11.8 Å². The first kappa shape index (κ1) is 24.4. The van der Waals surface area contributed by atoms with Crippen molar-refractivity contribution in [3.63, 3.8) is 0 Å². The van der Waals surface area contributed by atoms with Gasteiger partial charge in [0.1, 0.15) is 11.9 Å². The average molecular weight is 440 g/mol. The highest BCUT2D eigenvalue weighted by Gasteiger charge is 2.48. The molecule has 0 radical (unpaired) electrons. The molecule has 5 nitrogen and oxygen atoms in total. The number of nitrogens with zero attached hydrogens (tertiary/aromatic N) is 1. The maximum absolute atomic E-state index is 11.8. The second-order valence-corrected chi connectivity index (χ2v) is 9.38. The van der Waals surface area contributed by atoms with Gasteiger partial charge in [0.15, 0.2) is 0 Å². The van der Waals surface area contributed by atoms with Crippen molar-refractivity contribution in [2.45, 2.75) is 76.6 Å². The number of aliphatic hydroxyl groups excluding tert-OH is 2. The lowest BCUT2D eigenvalue weighted by molar-refractivity contribution is -0.128. The molecule has 1 fully saturated rings. The molecule has 0 saturated heterocycles. The summed E-state index contributed by atoms with van der Waals surface area (Å²) in [5.74, 6) is 7.09. The zero-order valence-electron chi connectivity index (χ0n) is 19.8. The lowest BCUT2D eigenvalue weighted by Gasteiger charge is -2.19. The largest absolute Gasteiger partial charge is 0.489 e. The van der Waals surface area contributed by atoms with Gasteiger partial charge in [0, 0.05) is 50.8 Å². The molecule has 32 heavy (non-hydrogen) atoms. The van der Waals surface area contributed by atoms with E-state index in [1.165, 1.54) is 5.56 Å². The van der Waals surface area contributed by atoms with Crippen LogP contribution in [-0.2, 0) is 11.2 Å². The Morgan fingerprint density at radius 3 is 2.84 bits per heavy atom. The van der Waals surface area contributed by atoms with E-state index in [0.29, 0.717) is 19.3 Å². The first-order valence-corrected chi connectivity index (χ1v) is 11.8. The first-order chi connectivity index (χ1) is 15.3. The predicted molar refractivity (Wildman–Crippen MR) is 126 cm³/mol. The minimum absolute atomic E-state index is 0.0355. The summed E-state index contributed by atoms with van der Waals surface area (Å²) < 4.78 is 6.34. The van der Waals surface area contributed by atoms with Gasteiger partial charge in [-0.25, -0.2) is 0 Å².